The van der Waals surface area contributed by atoms with Crippen molar-refractivity contribution in [2.45, 2.75) is 202 Å². The summed E-state index contributed by atoms with van der Waals surface area (Å²) in [5.74, 6) is 1.31. The fraction of sp³-hybridized carbons (Fsp3) is 0.951. The first-order chi connectivity index (χ1) is 22.0. The zero-order valence-corrected chi connectivity index (χ0v) is 30.7. The summed E-state index contributed by atoms with van der Waals surface area (Å²) in [7, 11) is 2.09. The van der Waals surface area contributed by atoms with Gasteiger partial charge in [-0.2, -0.15) is 0 Å². The average molecular weight is 652 g/mol. The van der Waals surface area contributed by atoms with Crippen molar-refractivity contribution in [2.24, 2.45) is 17.8 Å². The highest BCUT2D eigenvalue weighted by molar-refractivity contribution is 5.73. The zero-order valence-electron chi connectivity index (χ0n) is 30.7. The Bertz CT molecular complexity index is 673. The highest BCUT2D eigenvalue weighted by Crippen LogP contribution is 2.23. The second-order valence-corrected chi connectivity index (χ2v) is 14.5. The Balaban J connectivity index is 0.0000202. The Kier molecular flexibility index (Phi) is 31.7. The van der Waals surface area contributed by atoms with Crippen molar-refractivity contribution in [1.82, 2.24) is 4.90 Å². The molecular formula is C41H81NO4. The number of hydrogen-bond donors (Lipinski definition) is 0. The summed E-state index contributed by atoms with van der Waals surface area (Å²) < 4.78 is 11.5. The van der Waals surface area contributed by atoms with Crippen molar-refractivity contribution in [2.75, 3.05) is 33.4 Å². The van der Waals surface area contributed by atoms with Crippen LogP contribution in [0.1, 0.15) is 202 Å². The maximum atomic E-state index is 12.6. The van der Waals surface area contributed by atoms with Crippen LogP contribution in [0.15, 0.2) is 0 Å². The molecule has 0 aromatic carbocycles. The van der Waals surface area contributed by atoms with Gasteiger partial charge in [0.05, 0.1) is 19.1 Å². The van der Waals surface area contributed by atoms with Crippen LogP contribution in [0.3, 0.4) is 0 Å². The van der Waals surface area contributed by atoms with Crippen LogP contribution >= 0.6 is 0 Å². The van der Waals surface area contributed by atoms with Gasteiger partial charge in [-0.15, -0.1) is 0 Å². The Hall–Kier alpha value is -1.10. The Morgan fingerprint density at radius 3 is 1.59 bits per heavy atom. The summed E-state index contributed by atoms with van der Waals surface area (Å²) >= 11 is 0. The molecule has 0 N–H and O–H groups in total. The number of likely N-dealkylation sites (tertiary alicyclic amines) is 1. The van der Waals surface area contributed by atoms with Crippen LogP contribution in [0, 0.1) is 17.8 Å². The molecule has 1 saturated heterocycles. The molecule has 0 bridgehead atoms. The van der Waals surface area contributed by atoms with E-state index in [1.807, 2.05) is 0 Å². The number of ether oxygens (including phenoxy) is 2. The summed E-state index contributed by atoms with van der Waals surface area (Å²) in [6, 6.07) is 0. The monoisotopic (exact) mass is 652 g/mol. The van der Waals surface area contributed by atoms with Crippen molar-refractivity contribution in [3.63, 3.8) is 0 Å². The molecule has 1 aliphatic rings. The lowest BCUT2D eigenvalue weighted by atomic mass is 9.92. The maximum absolute atomic E-state index is 12.6. The van der Waals surface area contributed by atoms with E-state index in [-0.39, 0.29) is 25.3 Å². The number of unbranched alkanes of at least 4 members (excludes halogenated alkanes) is 16. The molecule has 0 aliphatic carbocycles. The van der Waals surface area contributed by atoms with E-state index < -0.39 is 0 Å². The molecule has 274 valence electrons. The Morgan fingerprint density at radius 2 is 1.07 bits per heavy atom. The van der Waals surface area contributed by atoms with Crippen LogP contribution in [-0.2, 0) is 19.1 Å². The Morgan fingerprint density at radius 1 is 0.609 bits per heavy atom. The third kappa shape index (κ3) is 25.9. The van der Waals surface area contributed by atoms with Crippen molar-refractivity contribution >= 4 is 11.9 Å². The lowest BCUT2D eigenvalue weighted by molar-refractivity contribution is -0.149. The van der Waals surface area contributed by atoms with Gasteiger partial charge in [0.1, 0.15) is 0 Å². The molecule has 0 spiro atoms. The van der Waals surface area contributed by atoms with Crippen molar-refractivity contribution in [1.29, 1.82) is 0 Å². The molecule has 5 heteroatoms. The van der Waals surface area contributed by atoms with Gasteiger partial charge in [0.25, 0.3) is 0 Å². The van der Waals surface area contributed by atoms with Crippen LogP contribution in [-0.4, -0.2) is 50.2 Å². The largest absolute Gasteiger partial charge is 0.466 e. The third-order valence-corrected chi connectivity index (χ3v) is 10.1. The molecule has 1 aliphatic heterocycles. The van der Waals surface area contributed by atoms with E-state index in [1.165, 1.54) is 141 Å². The second-order valence-electron chi connectivity index (χ2n) is 14.5. The van der Waals surface area contributed by atoms with Gasteiger partial charge >= 0.3 is 11.9 Å². The molecule has 1 heterocycles. The quantitative estimate of drug-likeness (QED) is 0.0535. The van der Waals surface area contributed by atoms with Gasteiger partial charge in [-0.3, -0.25) is 9.59 Å². The standard InChI is InChI=1S/C40H77NO4.CH4/c1-5-8-11-12-13-14-17-22-27-37(35-45-40(43)38-30-32-41(4)34-38)28-23-18-15-16-19-24-29-39(42)44-33-31-36(25-20-9-6-2)26-21-10-7-3;/h36-38H,5-35H2,1-4H3;1H4. The third-order valence-electron chi connectivity index (χ3n) is 10.1. The molecule has 0 aromatic heterocycles. The van der Waals surface area contributed by atoms with Gasteiger partial charge in [0.2, 0.25) is 0 Å². The normalized spacial score (nSPS) is 15.6. The van der Waals surface area contributed by atoms with E-state index in [2.05, 4.69) is 32.7 Å². The molecule has 2 atom stereocenters. The average Bonchev–Trinajstić information content (AvgIpc) is 3.48. The van der Waals surface area contributed by atoms with E-state index in [9.17, 15) is 9.59 Å². The first-order valence-corrected chi connectivity index (χ1v) is 20.0. The summed E-state index contributed by atoms with van der Waals surface area (Å²) in [5, 5.41) is 0. The summed E-state index contributed by atoms with van der Waals surface area (Å²) in [6.07, 6.45) is 32.9. The highest BCUT2D eigenvalue weighted by atomic mass is 16.5. The van der Waals surface area contributed by atoms with Crippen LogP contribution in [0.5, 0.6) is 0 Å². The van der Waals surface area contributed by atoms with Gasteiger partial charge < -0.3 is 14.4 Å². The minimum Gasteiger partial charge on any atom is -0.466 e. The molecule has 0 amide bonds. The number of rotatable bonds is 32. The summed E-state index contributed by atoms with van der Waals surface area (Å²) in [5.41, 5.74) is 0. The van der Waals surface area contributed by atoms with Gasteiger partial charge in [0, 0.05) is 13.0 Å². The van der Waals surface area contributed by atoms with E-state index in [0.717, 1.165) is 44.7 Å². The van der Waals surface area contributed by atoms with E-state index in [4.69, 9.17) is 9.47 Å². The maximum Gasteiger partial charge on any atom is 0.310 e. The van der Waals surface area contributed by atoms with E-state index >= 15 is 0 Å². The van der Waals surface area contributed by atoms with Gasteiger partial charge in [-0.1, -0.05) is 163 Å². The van der Waals surface area contributed by atoms with E-state index in [1.54, 1.807) is 0 Å². The first-order valence-electron chi connectivity index (χ1n) is 20.0. The lowest BCUT2D eigenvalue weighted by Gasteiger charge is -2.19. The van der Waals surface area contributed by atoms with Crippen molar-refractivity contribution in [3.8, 4) is 0 Å². The Labute approximate surface area is 288 Å². The number of hydrogen-bond acceptors (Lipinski definition) is 5. The minimum atomic E-state index is -0.00142. The fourth-order valence-electron chi connectivity index (χ4n) is 6.94. The molecule has 5 nitrogen and oxygen atoms in total. The fourth-order valence-corrected chi connectivity index (χ4v) is 6.94. The molecule has 2 unspecified atom stereocenters. The SMILES string of the molecule is C.CCCCCCCCCCC(CCCCCCCCC(=O)OCCC(CCCCC)CCCCC)COC(=O)C1CCN(C)C1. The van der Waals surface area contributed by atoms with Crippen LogP contribution in [0.4, 0.5) is 0 Å². The van der Waals surface area contributed by atoms with Crippen molar-refractivity contribution < 1.29 is 19.1 Å². The molecule has 0 radical (unpaired) electrons. The number of carbonyl (C=O) groups excluding carboxylic acids is 2. The van der Waals surface area contributed by atoms with Gasteiger partial charge in [-0.25, -0.2) is 0 Å². The molecule has 46 heavy (non-hydrogen) atoms. The van der Waals surface area contributed by atoms with E-state index in [0.29, 0.717) is 25.6 Å². The zero-order chi connectivity index (χ0) is 32.8. The second kappa shape index (κ2) is 32.4. The predicted molar refractivity (Wildman–Crippen MR) is 198 cm³/mol. The van der Waals surface area contributed by atoms with Crippen LogP contribution < -0.4 is 0 Å². The molecular weight excluding hydrogens is 570 g/mol. The van der Waals surface area contributed by atoms with Crippen LogP contribution in [0.25, 0.3) is 0 Å². The number of carbonyl (C=O) groups is 2. The summed E-state index contributed by atoms with van der Waals surface area (Å²) in [6.45, 7) is 9.86. The van der Waals surface area contributed by atoms with Crippen LogP contribution in [0.2, 0.25) is 0 Å². The summed E-state index contributed by atoms with van der Waals surface area (Å²) in [4.78, 5) is 27.1. The molecule has 0 aromatic rings. The number of esters is 2. The first kappa shape index (κ1) is 44.9. The molecule has 0 saturated carbocycles. The smallest absolute Gasteiger partial charge is 0.310 e. The minimum absolute atomic E-state index is 0. The molecule has 1 fully saturated rings. The lowest BCUT2D eigenvalue weighted by Crippen LogP contribution is -2.24. The topological polar surface area (TPSA) is 55.8 Å². The van der Waals surface area contributed by atoms with Crippen molar-refractivity contribution in [3.05, 3.63) is 0 Å². The van der Waals surface area contributed by atoms with Gasteiger partial charge in [-0.05, 0) is 57.5 Å². The van der Waals surface area contributed by atoms with Gasteiger partial charge in [0.15, 0.2) is 0 Å². The predicted octanol–water partition coefficient (Wildman–Crippen LogP) is 12.1. The highest BCUT2D eigenvalue weighted by Gasteiger charge is 2.28. The number of nitrogens with zero attached hydrogens (tertiary/aromatic N) is 1. The molecule has 1 rings (SSSR count).